The fourth-order valence-corrected chi connectivity index (χ4v) is 2.77. The summed E-state index contributed by atoms with van der Waals surface area (Å²) in [6.07, 6.45) is -0.588. The van der Waals surface area contributed by atoms with Crippen molar-refractivity contribution in [3.05, 3.63) is 23.9 Å². The lowest BCUT2D eigenvalue weighted by Gasteiger charge is -2.35. The minimum absolute atomic E-state index is 0.0909. The molecule has 1 aliphatic rings. The van der Waals surface area contributed by atoms with E-state index in [1.54, 1.807) is 6.92 Å². The number of morpholine rings is 1. The Balaban J connectivity index is 2.24. The number of alkyl halides is 3. The molecule has 1 saturated heterocycles. The van der Waals surface area contributed by atoms with Gasteiger partial charge in [-0.25, -0.2) is 9.78 Å². The van der Waals surface area contributed by atoms with E-state index in [-0.39, 0.29) is 18.7 Å². The molecule has 10 heteroatoms. The summed E-state index contributed by atoms with van der Waals surface area (Å²) < 4.78 is 42.9. The first-order valence-electron chi connectivity index (χ1n) is 6.55. The molecule has 1 N–H and O–H groups in total. The van der Waals surface area contributed by atoms with Gasteiger partial charge in [0.25, 0.3) is 5.91 Å². The molecule has 0 radical (unpaired) electrons. The van der Waals surface area contributed by atoms with Crippen molar-refractivity contribution < 1.29 is 32.6 Å². The number of halogens is 3. The molecule has 23 heavy (non-hydrogen) atoms. The number of hydrogen-bond acceptors (Lipinski definition) is 5. The molecule has 1 aromatic heterocycles. The summed E-state index contributed by atoms with van der Waals surface area (Å²) in [6.45, 7) is 1.45. The summed E-state index contributed by atoms with van der Waals surface area (Å²) >= 11 is -0.479. The Bertz CT molecular complexity index is 611. The van der Waals surface area contributed by atoms with Crippen LogP contribution in [0.4, 0.5) is 13.2 Å². The quantitative estimate of drug-likeness (QED) is 0.840. The number of thioether (sulfide) groups is 1. The second-order valence-corrected chi connectivity index (χ2v) is 5.94. The molecule has 0 aliphatic carbocycles. The topological polar surface area (TPSA) is 79.7 Å². The van der Waals surface area contributed by atoms with E-state index >= 15 is 0 Å². The monoisotopic (exact) mass is 350 g/mol. The Hall–Kier alpha value is -1.81. The first kappa shape index (κ1) is 17.5. The van der Waals surface area contributed by atoms with Gasteiger partial charge in [-0.05, 0) is 19.1 Å². The number of carbonyl (C=O) groups excluding carboxylic acids is 1. The number of carboxylic acids is 1. The highest BCUT2D eigenvalue weighted by atomic mass is 32.2. The summed E-state index contributed by atoms with van der Waals surface area (Å²) in [5.74, 6) is -1.93. The van der Waals surface area contributed by atoms with E-state index in [1.807, 2.05) is 0 Å². The fraction of sp³-hybridized carbons (Fsp3) is 0.462. The van der Waals surface area contributed by atoms with Gasteiger partial charge < -0.3 is 14.7 Å². The van der Waals surface area contributed by atoms with Gasteiger partial charge in [-0.3, -0.25) is 4.79 Å². The summed E-state index contributed by atoms with van der Waals surface area (Å²) in [5, 5.41) is 8.54. The van der Waals surface area contributed by atoms with E-state index in [4.69, 9.17) is 9.84 Å². The van der Waals surface area contributed by atoms with Crippen molar-refractivity contribution >= 4 is 23.6 Å². The number of nitrogens with zero attached hydrogens (tertiary/aromatic N) is 2. The third-order valence-corrected chi connectivity index (χ3v) is 3.79. The molecule has 2 atom stereocenters. The second-order valence-electron chi connectivity index (χ2n) is 4.89. The minimum Gasteiger partial charge on any atom is -0.479 e. The van der Waals surface area contributed by atoms with Crippen LogP contribution in [0.1, 0.15) is 17.3 Å². The lowest BCUT2D eigenvalue weighted by molar-refractivity contribution is -0.160. The molecular formula is C13H13F3N2O4S. The first-order valence-corrected chi connectivity index (χ1v) is 7.37. The van der Waals surface area contributed by atoms with Gasteiger partial charge in [0.1, 0.15) is 5.03 Å². The SMILES string of the molecule is C[C@@H]1CN(C(=O)c2cccnc2SC(F)(F)F)CC(C(=O)O)O1. The van der Waals surface area contributed by atoms with Crippen molar-refractivity contribution in [3.8, 4) is 0 Å². The van der Waals surface area contributed by atoms with Crippen molar-refractivity contribution in [1.82, 2.24) is 9.88 Å². The molecule has 2 heterocycles. The summed E-state index contributed by atoms with van der Waals surface area (Å²) in [7, 11) is 0. The van der Waals surface area contributed by atoms with Gasteiger partial charge in [-0.15, -0.1) is 0 Å². The lowest BCUT2D eigenvalue weighted by Crippen LogP contribution is -2.51. The number of rotatable bonds is 3. The highest BCUT2D eigenvalue weighted by Gasteiger charge is 2.36. The van der Waals surface area contributed by atoms with Gasteiger partial charge in [-0.1, -0.05) is 0 Å². The van der Waals surface area contributed by atoms with Gasteiger partial charge in [0.05, 0.1) is 18.2 Å². The molecule has 1 aromatic rings. The summed E-state index contributed by atoms with van der Waals surface area (Å²) in [4.78, 5) is 28.3. The molecule has 0 saturated carbocycles. The van der Waals surface area contributed by atoms with E-state index < -0.39 is 46.4 Å². The van der Waals surface area contributed by atoms with Crippen LogP contribution in [0.3, 0.4) is 0 Å². The highest BCUT2D eigenvalue weighted by molar-refractivity contribution is 8.00. The Morgan fingerprint density at radius 2 is 2.13 bits per heavy atom. The number of amides is 1. The zero-order valence-electron chi connectivity index (χ0n) is 11.9. The second kappa shape index (κ2) is 6.75. The Morgan fingerprint density at radius 3 is 2.74 bits per heavy atom. The van der Waals surface area contributed by atoms with Crippen LogP contribution in [0, 0.1) is 0 Å². The Morgan fingerprint density at radius 1 is 1.43 bits per heavy atom. The van der Waals surface area contributed by atoms with Crippen molar-refractivity contribution in [2.24, 2.45) is 0 Å². The summed E-state index contributed by atoms with van der Waals surface area (Å²) in [5.41, 5.74) is -4.79. The van der Waals surface area contributed by atoms with Crippen LogP contribution < -0.4 is 0 Å². The van der Waals surface area contributed by atoms with Crippen LogP contribution in [0.25, 0.3) is 0 Å². The smallest absolute Gasteiger partial charge is 0.447 e. The van der Waals surface area contributed by atoms with E-state index in [1.165, 1.54) is 17.0 Å². The molecule has 0 bridgehead atoms. The third-order valence-electron chi connectivity index (χ3n) is 3.04. The number of pyridine rings is 1. The predicted molar refractivity (Wildman–Crippen MR) is 74.0 cm³/mol. The maximum atomic E-state index is 12.6. The molecule has 126 valence electrons. The van der Waals surface area contributed by atoms with Crippen LogP contribution in [0.15, 0.2) is 23.4 Å². The maximum absolute atomic E-state index is 12.6. The predicted octanol–water partition coefficient (Wildman–Crippen LogP) is 2.01. The first-order chi connectivity index (χ1) is 10.7. The molecule has 1 aliphatic heterocycles. The van der Waals surface area contributed by atoms with Crippen LogP contribution in [0.2, 0.25) is 0 Å². The minimum atomic E-state index is -4.58. The number of carbonyl (C=O) groups is 2. The highest BCUT2D eigenvalue weighted by Crippen LogP contribution is 2.37. The van der Waals surface area contributed by atoms with Crippen LogP contribution in [-0.2, 0) is 9.53 Å². The van der Waals surface area contributed by atoms with Crippen molar-refractivity contribution in [1.29, 1.82) is 0 Å². The standard InChI is InChI=1S/C13H13F3N2O4S/c1-7-5-18(6-9(22-7)12(20)21)11(19)8-3-2-4-17-10(8)23-13(14,15)16/h2-4,7,9H,5-6H2,1H3,(H,20,21)/t7-,9?/m1/s1. The molecule has 0 aromatic carbocycles. The van der Waals surface area contributed by atoms with Gasteiger partial charge in [0.2, 0.25) is 0 Å². The number of hydrogen-bond donors (Lipinski definition) is 1. The molecule has 1 unspecified atom stereocenters. The lowest BCUT2D eigenvalue weighted by atomic mass is 10.1. The number of carboxylic acid groups (broad SMARTS) is 1. The van der Waals surface area contributed by atoms with E-state index in [2.05, 4.69) is 4.98 Å². The molecule has 2 rings (SSSR count). The van der Waals surface area contributed by atoms with E-state index in [0.29, 0.717) is 0 Å². The van der Waals surface area contributed by atoms with Crippen molar-refractivity contribution in [2.45, 2.75) is 29.7 Å². The average molecular weight is 350 g/mol. The number of ether oxygens (including phenoxy) is 1. The van der Waals surface area contributed by atoms with Crippen LogP contribution in [0.5, 0.6) is 0 Å². The van der Waals surface area contributed by atoms with Gasteiger partial charge in [0, 0.05) is 24.5 Å². The fourth-order valence-electron chi connectivity index (χ4n) is 2.17. The molecule has 0 spiro atoms. The van der Waals surface area contributed by atoms with E-state index in [0.717, 1.165) is 6.20 Å². The largest absolute Gasteiger partial charge is 0.479 e. The number of aromatic nitrogens is 1. The van der Waals surface area contributed by atoms with Gasteiger partial charge in [-0.2, -0.15) is 13.2 Å². The number of aliphatic carboxylic acids is 1. The van der Waals surface area contributed by atoms with Gasteiger partial charge in [0.15, 0.2) is 6.10 Å². The van der Waals surface area contributed by atoms with Crippen LogP contribution >= 0.6 is 11.8 Å². The normalized spacial score (nSPS) is 22.0. The van der Waals surface area contributed by atoms with Crippen molar-refractivity contribution in [3.63, 3.8) is 0 Å². The molecule has 6 nitrogen and oxygen atoms in total. The zero-order valence-corrected chi connectivity index (χ0v) is 12.7. The zero-order chi connectivity index (χ0) is 17.2. The van der Waals surface area contributed by atoms with Crippen molar-refractivity contribution in [2.75, 3.05) is 13.1 Å². The van der Waals surface area contributed by atoms with Crippen LogP contribution in [-0.4, -0.2) is 57.7 Å². The Kier molecular flexibility index (Phi) is 5.15. The average Bonchev–Trinajstić information content (AvgIpc) is 2.44. The van der Waals surface area contributed by atoms with E-state index in [9.17, 15) is 22.8 Å². The van der Waals surface area contributed by atoms with Gasteiger partial charge >= 0.3 is 11.5 Å². The summed E-state index contributed by atoms with van der Waals surface area (Å²) in [6, 6.07) is 2.59. The molecule has 1 fully saturated rings. The molecular weight excluding hydrogens is 337 g/mol. The Labute approximate surface area is 133 Å². The maximum Gasteiger partial charge on any atom is 0.447 e. The third kappa shape index (κ3) is 4.58. The molecule has 1 amide bonds.